The average molecular weight is 439 g/mol. The molecule has 0 fully saturated rings. The fourth-order valence-corrected chi connectivity index (χ4v) is 4.03. The maximum absolute atomic E-state index is 6.06. The van der Waals surface area contributed by atoms with Gasteiger partial charge in [0.05, 0.1) is 23.7 Å². The van der Waals surface area contributed by atoms with Gasteiger partial charge < -0.3 is 4.74 Å². The lowest BCUT2D eigenvalue weighted by Crippen LogP contribution is -2.01. The highest BCUT2D eigenvalue weighted by molar-refractivity contribution is 7.98. The van der Waals surface area contributed by atoms with E-state index in [1.807, 2.05) is 61.0 Å². The van der Waals surface area contributed by atoms with Crippen LogP contribution in [0.4, 0.5) is 0 Å². The standard InChI is InChI=1S/C26H22N4OS/c1-32-26-27-15-13-22(28-26)25-24(29-23-12-5-6-16-30(23)25)20-10-7-11-21(18-20)31-17-14-19-8-3-2-4-9-19/h2-13,15-16,18H,14,17H2,1H3. The summed E-state index contributed by atoms with van der Waals surface area (Å²) in [5, 5.41) is 0.734. The Hall–Kier alpha value is -3.64. The minimum atomic E-state index is 0.620. The Balaban J connectivity index is 1.50. The summed E-state index contributed by atoms with van der Waals surface area (Å²) in [5.41, 5.74) is 5.78. The van der Waals surface area contributed by atoms with Crippen molar-refractivity contribution in [1.29, 1.82) is 0 Å². The highest BCUT2D eigenvalue weighted by Crippen LogP contribution is 2.33. The fourth-order valence-electron chi connectivity index (χ4n) is 3.68. The van der Waals surface area contributed by atoms with Gasteiger partial charge >= 0.3 is 0 Å². The van der Waals surface area contributed by atoms with Crippen molar-refractivity contribution >= 4 is 17.4 Å². The second kappa shape index (κ2) is 9.24. The Morgan fingerprint density at radius 1 is 0.906 bits per heavy atom. The van der Waals surface area contributed by atoms with E-state index in [9.17, 15) is 0 Å². The topological polar surface area (TPSA) is 52.3 Å². The molecule has 0 bridgehead atoms. The van der Waals surface area contributed by atoms with Crippen LogP contribution >= 0.6 is 11.8 Å². The molecule has 0 saturated carbocycles. The van der Waals surface area contributed by atoms with Crippen molar-refractivity contribution in [3.8, 4) is 28.4 Å². The molecule has 5 nitrogen and oxygen atoms in total. The summed E-state index contributed by atoms with van der Waals surface area (Å²) in [7, 11) is 0. The van der Waals surface area contributed by atoms with Crippen LogP contribution in [-0.4, -0.2) is 32.2 Å². The van der Waals surface area contributed by atoms with Crippen molar-refractivity contribution in [2.45, 2.75) is 11.6 Å². The van der Waals surface area contributed by atoms with Crippen molar-refractivity contribution in [3.63, 3.8) is 0 Å². The molecule has 0 saturated heterocycles. The monoisotopic (exact) mass is 438 g/mol. The van der Waals surface area contributed by atoms with Crippen molar-refractivity contribution in [2.75, 3.05) is 12.9 Å². The zero-order valence-corrected chi connectivity index (χ0v) is 18.5. The Labute approximate surface area is 191 Å². The lowest BCUT2D eigenvalue weighted by molar-refractivity contribution is 0.322. The Morgan fingerprint density at radius 3 is 2.66 bits per heavy atom. The second-order valence-electron chi connectivity index (χ2n) is 7.28. The van der Waals surface area contributed by atoms with Crippen LogP contribution in [0.25, 0.3) is 28.3 Å². The van der Waals surface area contributed by atoms with E-state index in [1.54, 1.807) is 6.20 Å². The number of imidazole rings is 1. The molecule has 0 spiro atoms. The van der Waals surface area contributed by atoms with E-state index in [0.717, 1.165) is 45.6 Å². The Morgan fingerprint density at radius 2 is 1.78 bits per heavy atom. The summed E-state index contributed by atoms with van der Waals surface area (Å²) in [6.07, 6.45) is 6.65. The molecule has 2 aromatic carbocycles. The van der Waals surface area contributed by atoms with Gasteiger partial charge in [-0.25, -0.2) is 15.0 Å². The summed E-state index contributed by atoms with van der Waals surface area (Å²) in [5.74, 6) is 0.828. The van der Waals surface area contributed by atoms with Crippen molar-refractivity contribution in [2.24, 2.45) is 0 Å². The van der Waals surface area contributed by atoms with Gasteiger partial charge in [0.15, 0.2) is 5.16 Å². The smallest absolute Gasteiger partial charge is 0.187 e. The summed E-state index contributed by atoms with van der Waals surface area (Å²) in [6, 6.07) is 26.4. The molecule has 0 aliphatic carbocycles. The van der Waals surface area contributed by atoms with Gasteiger partial charge in [0, 0.05) is 24.4 Å². The van der Waals surface area contributed by atoms with Crippen LogP contribution in [0.1, 0.15) is 5.56 Å². The Kier molecular flexibility index (Phi) is 5.85. The van der Waals surface area contributed by atoms with E-state index in [4.69, 9.17) is 14.7 Å². The quantitative estimate of drug-likeness (QED) is 0.237. The maximum Gasteiger partial charge on any atom is 0.187 e. The van der Waals surface area contributed by atoms with Gasteiger partial charge in [-0.1, -0.05) is 60.3 Å². The minimum Gasteiger partial charge on any atom is -0.493 e. The number of hydrogen-bond acceptors (Lipinski definition) is 5. The van der Waals surface area contributed by atoms with Crippen LogP contribution in [-0.2, 0) is 6.42 Å². The number of thioether (sulfide) groups is 1. The Bertz CT molecular complexity index is 1350. The van der Waals surface area contributed by atoms with Gasteiger partial charge in [0.1, 0.15) is 11.4 Å². The zero-order chi connectivity index (χ0) is 21.8. The number of rotatable bonds is 7. The molecule has 158 valence electrons. The van der Waals surface area contributed by atoms with Crippen LogP contribution < -0.4 is 4.74 Å². The molecular formula is C26H22N4OS. The molecule has 0 unspecified atom stereocenters. The van der Waals surface area contributed by atoms with E-state index in [-0.39, 0.29) is 0 Å². The lowest BCUT2D eigenvalue weighted by atomic mass is 10.1. The third-order valence-corrected chi connectivity index (χ3v) is 5.76. The van der Waals surface area contributed by atoms with Crippen molar-refractivity contribution in [1.82, 2.24) is 19.4 Å². The van der Waals surface area contributed by atoms with E-state index < -0.39 is 0 Å². The summed E-state index contributed by atoms with van der Waals surface area (Å²) < 4.78 is 8.14. The SMILES string of the molecule is CSc1nccc(-c2c(-c3cccc(OCCc4ccccc4)c3)nc3ccccn23)n1. The van der Waals surface area contributed by atoms with E-state index in [2.05, 4.69) is 39.7 Å². The number of nitrogens with zero attached hydrogens (tertiary/aromatic N) is 4. The molecule has 0 aliphatic heterocycles. The number of ether oxygens (including phenoxy) is 1. The van der Waals surface area contributed by atoms with Gasteiger partial charge in [-0.3, -0.25) is 4.40 Å². The van der Waals surface area contributed by atoms with Crippen molar-refractivity contribution < 1.29 is 4.74 Å². The van der Waals surface area contributed by atoms with Gasteiger partial charge in [-0.05, 0) is 42.2 Å². The fraction of sp³-hybridized carbons (Fsp3) is 0.115. The largest absolute Gasteiger partial charge is 0.493 e. The number of pyridine rings is 1. The first-order valence-corrected chi connectivity index (χ1v) is 11.7. The molecule has 5 aromatic rings. The molecule has 0 amide bonds. The molecule has 6 heteroatoms. The normalized spacial score (nSPS) is 11.0. The molecule has 3 aromatic heterocycles. The molecule has 0 aliphatic rings. The maximum atomic E-state index is 6.06. The third-order valence-electron chi connectivity index (χ3n) is 5.20. The summed E-state index contributed by atoms with van der Waals surface area (Å²) in [6.45, 7) is 0.620. The van der Waals surface area contributed by atoms with Crippen LogP contribution in [0, 0.1) is 0 Å². The van der Waals surface area contributed by atoms with Crippen LogP contribution in [0.2, 0.25) is 0 Å². The minimum absolute atomic E-state index is 0.620. The number of aromatic nitrogens is 4. The van der Waals surface area contributed by atoms with E-state index in [0.29, 0.717) is 6.61 Å². The molecule has 0 atom stereocenters. The molecule has 32 heavy (non-hydrogen) atoms. The highest BCUT2D eigenvalue weighted by atomic mass is 32.2. The first-order chi connectivity index (χ1) is 15.8. The zero-order valence-electron chi connectivity index (χ0n) is 17.7. The molecular weight excluding hydrogens is 416 g/mol. The summed E-state index contributed by atoms with van der Waals surface area (Å²) in [4.78, 5) is 14.0. The molecule has 3 heterocycles. The third kappa shape index (κ3) is 4.22. The van der Waals surface area contributed by atoms with Gasteiger partial charge in [-0.15, -0.1) is 0 Å². The van der Waals surface area contributed by atoms with Crippen LogP contribution in [0.15, 0.2) is 96.4 Å². The average Bonchev–Trinajstić information content (AvgIpc) is 3.25. The predicted octanol–water partition coefficient (Wildman–Crippen LogP) is 5.80. The lowest BCUT2D eigenvalue weighted by Gasteiger charge is -2.09. The summed E-state index contributed by atoms with van der Waals surface area (Å²) >= 11 is 1.53. The van der Waals surface area contributed by atoms with Gasteiger partial charge in [0.2, 0.25) is 0 Å². The predicted molar refractivity (Wildman–Crippen MR) is 129 cm³/mol. The second-order valence-corrected chi connectivity index (χ2v) is 8.05. The first-order valence-electron chi connectivity index (χ1n) is 10.4. The van der Waals surface area contributed by atoms with Gasteiger partial charge in [-0.2, -0.15) is 0 Å². The number of fused-ring (bicyclic) bond motifs is 1. The van der Waals surface area contributed by atoms with Crippen LogP contribution in [0.5, 0.6) is 5.75 Å². The molecule has 5 rings (SSSR count). The van der Waals surface area contributed by atoms with Crippen LogP contribution in [0.3, 0.4) is 0 Å². The molecule has 0 radical (unpaired) electrons. The van der Waals surface area contributed by atoms with Gasteiger partial charge in [0.25, 0.3) is 0 Å². The molecule has 0 N–H and O–H groups in total. The number of benzene rings is 2. The van der Waals surface area contributed by atoms with E-state index >= 15 is 0 Å². The number of hydrogen-bond donors (Lipinski definition) is 0. The highest BCUT2D eigenvalue weighted by Gasteiger charge is 2.18. The van der Waals surface area contributed by atoms with E-state index in [1.165, 1.54) is 17.3 Å². The van der Waals surface area contributed by atoms with Crippen molar-refractivity contribution in [3.05, 3.63) is 96.8 Å². The first kappa shape index (κ1) is 20.3.